The second kappa shape index (κ2) is 15.9. The van der Waals surface area contributed by atoms with Crippen LogP contribution in [-0.2, 0) is 20.8 Å². The molecule has 2 unspecified atom stereocenters. The zero-order valence-corrected chi connectivity index (χ0v) is 22.4. The predicted molar refractivity (Wildman–Crippen MR) is 153 cm³/mol. The van der Waals surface area contributed by atoms with Gasteiger partial charge in [-0.3, -0.25) is 19.4 Å². The maximum absolute atomic E-state index is 13.5. The number of nitrogens with one attached hydrogen (secondary N) is 2. The van der Waals surface area contributed by atoms with Gasteiger partial charge in [0.2, 0.25) is 17.7 Å². The summed E-state index contributed by atoms with van der Waals surface area (Å²) in [6.45, 7) is 1.15. The molecular weight excluding hydrogens is 510 g/mol. The summed E-state index contributed by atoms with van der Waals surface area (Å²) >= 11 is 0. The van der Waals surface area contributed by atoms with Gasteiger partial charge in [-0.15, -0.1) is 0 Å². The van der Waals surface area contributed by atoms with Crippen LogP contribution in [0.25, 0.3) is 0 Å². The van der Waals surface area contributed by atoms with Gasteiger partial charge in [0.15, 0.2) is 5.75 Å². The van der Waals surface area contributed by atoms with Crippen molar-refractivity contribution in [3.05, 3.63) is 84.7 Å². The Morgan fingerprint density at radius 3 is 2.27 bits per heavy atom. The van der Waals surface area contributed by atoms with E-state index in [4.69, 9.17) is 21.9 Å². The van der Waals surface area contributed by atoms with Crippen molar-refractivity contribution >= 4 is 23.4 Å². The summed E-state index contributed by atoms with van der Waals surface area (Å²) in [4.78, 5) is 44.7. The van der Waals surface area contributed by atoms with E-state index in [-0.39, 0.29) is 25.4 Å². The van der Waals surface area contributed by atoms with Gasteiger partial charge in [0, 0.05) is 32.4 Å². The number of nitrogens with two attached hydrogens (primary N) is 3. The van der Waals surface area contributed by atoms with Crippen LogP contribution in [0.15, 0.2) is 79.1 Å². The molecule has 0 aliphatic carbocycles. The van der Waals surface area contributed by atoms with E-state index in [1.807, 2.05) is 30.3 Å². The van der Waals surface area contributed by atoms with Crippen molar-refractivity contribution in [2.45, 2.75) is 31.3 Å². The Morgan fingerprint density at radius 2 is 1.60 bits per heavy atom. The molecule has 11 nitrogen and oxygen atoms in total. The minimum atomic E-state index is -1.15. The third-order valence-electron chi connectivity index (χ3n) is 6.09. The molecule has 0 saturated carbocycles. The molecule has 0 aliphatic rings. The number of para-hydroxylation sites is 2. The van der Waals surface area contributed by atoms with E-state index in [1.54, 1.807) is 48.8 Å². The van der Waals surface area contributed by atoms with Gasteiger partial charge in [-0.1, -0.05) is 42.5 Å². The molecule has 3 amide bonds. The molecule has 8 N–H and O–H groups in total. The summed E-state index contributed by atoms with van der Waals surface area (Å²) < 4.78 is 5.90. The van der Waals surface area contributed by atoms with Crippen molar-refractivity contribution in [2.75, 3.05) is 31.5 Å². The molecule has 11 heteroatoms. The summed E-state index contributed by atoms with van der Waals surface area (Å²) in [6.07, 6.45) is 3.79. The maximum atomic E-state index is 13.5. The van der Waals surface area contributed by atoms with Crippen molar-refractivity contribution in [2.24, 2.45) is 17.2 Å². The molecule has 40 heavy (non-hydrogen) atoms. The van der Waals surface area contributed by atoms with Crippen LogP contribution in [0.5, 0.6) is 11.5 Å². The highest BCUT2D eigenvalue weighted by atomic mass is 16.5. The summed E-state index contributed by atoms with van der Waals surface area (Å²) in [7, 11) is 0. The van der Waals surface area contributed by atoms with Crippen LogP contribution in [0, 0.1) is 0 Å². The van der Waals surface area contributed by atoms with Crippen LogP contribution in [0.2, 0.25) is 0 Å². The van der Waals surface area contributed by atoms with Crippen molar-refractivity contribution in [3.8, 4) is 11.5 Å². The SMILES string of the molecule is NCCN(CCN)C(=O)CC(N)C(=O)NC(CCc1ccccc1)C(=O)Nc1ccccc1Oc1cccnc1. The number of hydrogen-bond acceptors (Lipinski definition) is 8. The van der Waals surface area contributed by atoms with Gasteiger partial charge in [0.25, 0.3) is 0 Å². The fourth-order valence-corrected chi connectivity index (χ4v) is 4.00. The molecule has 2 atom stereocenters. The largest absolute Gasteiger partial charge is 0.454 e. The molecule has 3 aromatic rings. The number of amides is 3. The number of hydrogen-bond donors (Lipinski definition) is 5. The number of aromatic nitrogens is 1. The average molecular weight is 548 g/mol. The maximum Gasteiger partial charge on any atom is 0.247 e. The normalized spacial score (nSPS) is 12.2. The van der Waals surface area contributed by atoms with E-state index < -0.39 is 23.9 Å². The Morgan fingerprint density at radius 1 is 0.900 bits per heavy atom. The smallest absolute Gasteiger partial charge is 0.247 e. The Hall–Kier alpha value is -4.32. The number of rotatable bonds is 15. The van der Waals surface area contributed by atoms with E-state index in [9.17, 15) is 14.4 Å². The fourth-order valence-electron chi connectivity index (χ4n) is 4.00. The van der Waals surface area contributed by atoms with Crippen LogP contribution < -0.4 is 32.6 Å². The zero-order chi connectivity index (χ0) is 28.7. The van der Waals surface area contributed by atoms with Crippen molar-refractivity contribution in [1.29, 1.82) is 0 Å². The van der Waals surface area contributed by atoms with E-state index in [1.165, 1.54) is 4.90 Å². The fraction of sp³-hybridized carbons (Fsp3) is 0.310. The lowest BCUT2D eigenvalue weighted by Gasteiger charge is -2.24. The summed E-state index contributed by atoms with van der Waals surface area (Å²) in [5.74, 6) is -0.462. The lowest BCUT2D eigenvalue weighted by atomic mass is 10.0. The monoisotopic (exact) mass is 547 g/mol. The van der Waals surface area contributed by atoms with E-state index >= 15 is 0 Å². The quantitative estimate of drug-likeness (QED) is 0.189. The average Bonchev–Trinajstić information content (AvgIpc) is 2.97. The molecular formula is C29H37N7O4. The van der Waals surface area contributed by atoms with Crippen LogP contribution in [0.3, 0.4) is 0 Å². The van der Waals surface area contributed by atoms with Gasteiger partial charge < -0.3 is 37.5 Å². The zero-order valence-electron chi connectivity index (χ0n) is 22.4. The molecule has 1 heterocycles. The topological polar surface area (TPSA) is 179 Å². The highest BCUT2D eigenvalue weighted by molar-refractivity contribution is 5.99. The van der Waals surface area contributed by atoms with Crippen LogP contribution in [-0.4, -0.2) is 65.9 Å². The van der Waals surface area contributed by atoms with Gasteiger partial charge >= 0.3 is 0 Å². The number of benzene rings is 2. The second-order valence-corrected chi connectivity index (χ2v) is 9.13. The van der Waals surface area contributed by atoms with Gasteiger partial charge in [-0.2, -0.15) is 0 Å². The Bertz CT molecular complexity index is 1220. The standard InChI is InChI=1S/C29H37N7O4/c30-14-17-36(18-15-31)27(37)19-23(32)28(38)35-25(13-12-21-7-2-1-3-8-21)29(39)34-24-10-4-5-11-26(24)40-22-9-6-16-33-20-22/h1-11,16,20,23,25H,12-15,17-19,30-32H2,(H,34,39)(H,35,38). The number of carbonyl (C=O) groups is 3. The summed E-state index contributed by atoms with van der Waals surface area (Å²) in [5.41, 5.74) is 18.7. The highest BCUT2D eigenvalue weighted by Gasteiger charge is 2.27. The first kappa shape index (κ1) is 30.2. The van der Waals surface area contributed by atoms with Crippen LogP contribution in [0.1, 0.15) is 18.4 Å². The Labute approximate surface area is 234 Å². The number of carbonyl (C=O) groups excluding carboxylic acids is 3. The lowest BCUT2D eigenvalue weighted by Crippen LogP contribution is -2.52. The van der Waals surface area contributed by atoms with Gasteiger partial charge in [-0.05, 0) is 42.7 Å². The number of aryl methyl sites for hydroxylation is 1. The van der Waals surface area contributed by atoms with Crippen molar-refractivity contribution < 1.29 is 19.1 Å². The molecule has 3 rings (SSSR count). The number of ether oxygens (including phenoxy) is 1. The third kappa shape index (κ3) is 9.45. The van der Waals surface area contributed by atoms with E-state index in [0.717, 1.165) is 5.56 Å². The molecule has 0 spiro atoms. The first-order valence-electron chi connectivity index (χ1n) is 13.2. The van der Waals surface area contributed by atoms with E-state index in [2.05, 4.69) is 15.6 Å². The highest BCUT2D eigenvalue weighted by Crippen LogP contribution is 2.29. The minimum absolute atomic E-state index is 0.235. The van der Waals surface area contributed by atoms with Crippen molar-refractivity contribution in [1.82, 2.24) is 15.2 Å². The van der Waals surface area contributed by atoms with Gasteiger partial charge in [-0.25, -0.2) is 0 Å². The third-order valence-corrected chi connectivity index (χ3v) is 6.09. The number of anilines is 1. The predicted octanol–water partition coefficient (Wildman–Crippen LogP) is 1.39. The number of nitrogens with zero attached hydrogens (tertiary/aromatic N) is 2. The molecule has 1 aromatic heterocycles. The second-order valence-electron chi connectivity index (χ2n) is 9.13. The van der Waals surface area contributed by atoms with Crippen LogP contribution in [0.4, 0.5) is 5.69 Å². The van der Waals surface area contributed by atoms with Crippen molar-refractivity contribution in [3.63, 3.8) is 0 Å². The van der Waals surface area contributed by atoms with Crippen LogP contribution >= 0.6 is 0 Å². The number of pyridine rings is 1. The molecule has 0 saturated heterocycles. The van der Waals surface area contributed by atoms with Gasteiger partial charge in [0.05, 0.1) is 24.3 Å². The minimum Gasteiger partial charge on any atom is -0.454 e. The molecule has 0 fully saturated rings. The van der Waals surface area contributed by atoms with E-state index in [0.29, 0.717) is 43.1 Å². The molecule has 212 valence electrons. The lowest BCUT2D eigenvalue weighted by molar-refractivity contribution is -0.134. The van der Waals surface area contributed by atoms with Gasteiger partial charge in [0.1, 0.15) is 11.8 Å². The molecule has 0 aliphatic heterocycles. The molecule has 0 radical (unpaired) electrons. The Kier molecular flexibility index (Phi) is 12.0. The Balaban J connectivity index is 1.72. The molecule has 0 bridgehead atoms. The first-order chi connectivity index (χ1) is 19.4. The summed E-state index contributed by atoms with van der Waals surface area (Å²) in [6, 6.07) is 18.0. The summed E-state index contributed by atoms with van der Waals surface area (Å²) in [5, 5.41) is 5.60. The molecule has 2 aromatic carbocycles. The first-order valence-corrected chi connectivity index (χ1v) is 13.2.